The second kappa shape index (κ2) is 72.4. The Morgan fingerprint density at radius 2 is 0.412 bits per heavy atom. The van der Waals surface area contributed by atoms with Crippen LogP contribution in [-0.4, -0.2) is 96.7 Å². The molecule has 0 aliphatic rings. The Morgan fingerprint density at radius 1 is 0.247 bits per heavy atom. The first-order chi connectivity index (χ1) is 47.2. The van der Waals surface area contributed by atoms with E-state index in [1.807, 2.05) is 0 Å². The average Bonchev–Trinajstić information content (AvgIpc) is 1.27. The topological polar surface area (TPSA) is 237 Å². The first kappa shape index (κ1) is 95.1. The summed E-state index contributed by atoms with van der Waals surface area (Å²) in [6.45, 7) is 4.99. The van der Waals surface area contributed by atoms with Gasteiger partial charge in [-0.25, -0.2) is 9.13 Å². The number of hydrogen-bond donors (Lipinski definition) is 3. The third-order valence-corrected chi connectivity index (χ3v) is 20.3. The molecule has 0 amide bonds. The van der Waals surface area contributed by atoms with Crippen molar-refractivity contribution in [3.8, 4) is 0 Å². The summed E-state index contributed by atoms with van der Waals surface area (Å²) < 4.78 is 68.6. The second-order valence-corrected chi connectivity index (χ2v) is 31.0. The van der Waals surface area contributed by atoms with Crippen LogP contribution in [0.1, 0.15) is 419 Å². The standard InChI is InChI=1S/C78H152O17P2/c1-5-9-13-17-21-25-29-31-33-34-35-36-37-38-40-42-45-49-53-57-61-65-78(83)95-74(69-89-76(81)63-59-55-51-47-44-41-39-32-30-26-22-18-14-10-6-2)71-93-97(86,87)91-67-72(79)66-90-96(84,85)92-70-73(68-88-75(80)62-58-54-50-46-28-24-20-16-12-8-4)94-77(82)64-60-56-52-48-43-27-23-19-15-11-7-3/h72-74,79H,5-71H2,1-4H3,(H,84,85)(H,86,87)/t72-,73+,74+/m0/s1. The average molecular weight is 1420 g/mol. The number of hydrogen-bond acceptors (Lipinski definition) is 15. The zero-order chi connectivity index (χ0) is 71.1. The summed E-state index contributed by atoms with van der Waals surface area (Å²) in [6, 6.07) is 0. The highest BCUT2D eigenvalue weighted by Gasteiger charge is 2.30. The van der Waals surface area contributed by atoms with Gasteiger partial charge in [-0.2, -0.15) is 0 Å². The number of carbonyl (C=O) groups is 4. The maximum atomic E-state index is 13.1. The third kappa shape index (κ3) is 72.2. The van der Waals surface area contributed by atoms with Gasteiger partial charge in [-0.1, -0.05) is 368 Å². The number of phosphoric ester groups is 2. The van der Waals surface area contributed by atoms with Gasteiger partial charge in [0, 0.05) is 25.7 Å². The number of ether oxygens (including phenoxy) is 4. The highest BCUT2D eigenvalue weighted by Crippen LogP contribution is 2.45. The summed E-state index contributed by atoms with van der Waals surface area (Å²) in [7, 11) is -9.91. The van der Waals surface area contributed by atoms with E-state index >= 15 is 0 Å². The van der Waals surface area contributed by atoms with Crippen molar-refractivity contribution in [3.63, 3.8) is 0 Å². The number of phosphoric acid groups is 2. The molecule has 0 aromatic carbocycles. The third-order valence-electron chi connectivity index (χ3n) is 18.4. The molecule has 97 heavy (non-hydrogen) atoms. The van der Waals surface area contributed by atoms with Gasteiger partial charge in [0.25, 0.3) is 0 Å². The van der Waals surface area contributed by atoms with E-state index in [2.05, 4.69) is 27.7 Å². The Labute approximate surface area is 594 Å². The van der Waals surface area contributed by atoms with Crippen LogP contribution in [0.25, 0.3) is 0 Å². The van der Waals surface area contributed by atoms with Crippen molar-refractivity contribution in [2.75, 3.05) is 39.6 Å². The maximum Gasteiger partial charge on any atom is 0.472 e. The predicted molar refractivity (Wildman–Crippen MR) is 395 cm³/mol. The largest absolute Gasteiger partial charge is 0.472 e. The molecule has 17 nitrogen and oxygen atoms in total. The molecule has 0 aromatic rings. The summed E-state index contributed by atoms with van der Waals surface area (Å²) in [5, 5.41) is 10.6. The van der Waals surface area contributed by atoms with Crippen LogP contribution < -0.4 is 0 Å². The molecule has 0 saturated heterocycles. The molecule has 0 radical (unpaired) electrons. The van der Waals surface area contributed by atoms with Gasteiger partial charge in [0.15, 0.2) is 12.2 Å². The van der Waals surface area contributed by atoms with E-state index in [-0.39, 0.29) is 25.7 Å². The monoisotopic (exact) mass is 1420 g/mol. The molecule has 0 aliphatic heterocycles. The van der Waals surface area contributed by atoms with E-state index in [9.17, 15) is 43.2 Å². The van der Waals surface area contributed by atoms with Gasteiger partial charge in [-0.15, -0.1) is 0 Å². The van der Waals surface area contributed by atoms with Crippen LogP contribution in [0, 0.1) is 0 Å². The van der Waals surface area contributed by atoms with Crippen molar-refractivity contribution >= 4 is 39.5 Å². The predicted octanol–water partition coefficient (Wildman–Crippen LogP) is 23.4. The fourth-order valence-electron chi connectivity index (χ4n) is 12.1. The van der Waals surface area contributed by atoms with Gasteiger partial charge in [-0.05, 0) is 25.7 Å². The first-order valence-corrected chi connectivity index (χ1v) is 43.8. The molecule has 0 saturated carbocycles. The van der Waals surface area contributed by atoms with Crippen molar-refractivity contribution in [1.82, 2.24) is 0 Å². The highest BCUT2D eigenvalue weighted by atomic mass is 31.2. The van der Waals surface area contributed by atoms with Crippen LogP contribution >= 0.6 is 15.6 Å². The molecule has 2 unspecified atom stereocenters. The summed E-state index contributed by atoms with van der Waals surface area (Å²) in [6.07, 6.45) is 63.8. The minimum atomic E-state index is -4.96. The Morgan fingerprint density at radius 3 is 0.608 bits per heavy atom. The molecular formula is C78H152O17P2. The lowest BCUT2D eigenvalue weighted by molar-refractivity contribution is -0.161. The van der Waals surface area contributed by atoms with E-state index in [4.69, 9.17) is 37.0 Å². The number of aliphatic hydroxyl groups excluding tert-OH is 1. The minimum Gasteiger partial charge on any atom is -0.462 e. The van der Waals surface area contributed by atoms with Crippen LogP contribution in [0.3, 0.4) is 0 Å². The first-order valence-electron chi connectivity index (χ1n) is 40.8. The van der Waals surface area contributed by atoms with Gasteiger partial charge in [0.2, 0.25) is 0 Å². The Balaban J connectivity index is 5.19. The Hall–Kier alpha value is -1.94. The van der Waals surface area contributed by atoms with Crippen molar-refractivity contribution in [2.24, 2.45) is 0 Å². The number of unbranched alkanes of at least 4 members (excludes halogenated alkanes) is 53. The fraction of sp³-hybridized carbons (Fsp3) is 0.949. The number of esters is 4. The van der Waals surface area contributed by atoms with Crippen LogP contribution in [0.15, 0.2) is 0 Å². The van der Waals surface area contributed by atoms with E-state index < -0.39 is 97.5 Å². The zero-order valence-corrected chi connectivity index (χ0v) is 64.8. The van der Waals surface area contributed by atoms with Gasteiger partial charge in [0.1, 0.15) is 19.3 Å². The smallest absolute Gasteiger partial charge is 0.462 e. The minimum absolute atomic E-state index is 0.108. The van der Waals surface area contributed by atoms with Crippen LogP contribution in [0.4, 0.5) is 0 Å². The number of aliphatic hydroxyl groups is 1. The summed E-state index contributed by atoms with van der Waals surface area (Å²) in [5.74, 6) is -2.11. The molecule has 0 aliphatic carbocycles. The van der Waals surface area contributed by atoms with Gasteiger partial charge >= 0.3 is 39.5 Å². The lowest BCUT2D eigenvalue weighted by Gasteiger charge is -2.21. The van der Waals surface area contributed by atoms with Gasteiger partial charge in [0.05, 0.1) is 26.4 Å². The van der Waals surface area contributed by atoms with E-state index in [1.165, 1.54) is 250 Å². The molecule has 0 fully saturated rings. The van der Waals surface area contributed by atoms with Crippen LogP contribution in [-0.2, 0) is 65.4 Å². The Bertz CT molecular complexity index is 1840. The zero-order valence-electron chi connectivity index (χ0n) is 63.1. The van der Waals surface area contributed by atoms with Crippen LogP contribution in [0.2, 0.25) is 0 Å². The second-order valence-electron chi connectivity index (χ2n) is 28.1. The molecule has 0 spiro atoms. The summed E-state index contributed by atoms with van der Waals surface area (Å²) in [5.41, 5.74) is 0. The molecule has 3 N–H and O–H groups in total. The SMILES string of the molecule is CCCCCCCCCCCCCCCCCCCCCCCC(=O)O[C@H](COC(=O)CCCCCCCCCCCCCCCCC)COP(=O)(O)OC[C@@H](O)COP(=O)(O)OC[C@@H](COC(=O)CCCCCCCCCCCC)OC(=O)CCCCCCCCCCCCC. The lowest BCUT2D eigenvalue weighted by atomic mass is 10.0. The Kier molecular flexibility index (Phi) is 71.0. The molecule has 0 heterocycles. The highest BCUT2D eigenvalue weighted by molar-refractivity contribution is 7.47. The quantitative estimate of drug-likeness (QED) is 0.0222. The van der Waals surface area contributed by atoms with Crippen molar-refractivity contribution in [2.45, 2.75) is 438 Å². The van der Waals surface area contributed by atoms with E-state index in [0.717, 1.165) is 89.9 Å². The van der Waals surface area contributed by atoms with Crippen molar-refractivity contribution < 1.29 is 80.2 Å². The molecule has 0 rings (SSSR count). The number of carbonyl (C=O) groups excluding carboxylic acids is 4. The van der Waals surface area contributed by atoms with E-state index in [0.29, 0.717) is 25.7 Å². The van der Waals surface area contributed by atoms with Gasteiger partial charge < -0.3 is 33.8 Å². The summed E-state index contributed by atoms with van der Waals surface area (Å²) >= 11 is 0. The molecule has 0 aromatic heterocycles. The fourth-order valence-corrected chi connectivity index (χ4v) is 13.7. The lowest BCUT2D eigenvalue weighted by Crippen LogP contribution is -2.30. The molecule has 576 valence electrons. The van der Waals surface area contributed by atoms with E-state index in [1.54, 1.807) is 0 Å². The van der Waals surface area contributed by atoms with Gasteiger partial charge in [-0.3, -0.25) is 37.3 Å². The molecule has 19 heteroatoms. The number of rotatable bonds is 79. The molecule has 0 bridgehead atoms. The normalized spacial score (nSPS) is 13.8. The molecule has 5 atom stereocenters. The van der Waals surface area contributed by atoms with Crippen molar-refractivity contribution in [3.05, 3.63) is 0 Å². The van der Waals surface area contributed by atoms with Crippen molar-refractivity contribution in [1.29, 1.82) is 0 Å². The van der Waals surface area contributed by atoms with Crippen LogP contribution in [0.5, 0.6) is 0 Å². The maximum absolute atomic E-state index is 13.1. The summed E-state index contributed by atoms with van der Waals surface area (Å²) in [4.78, 5) is 72.8. The molecular weight excluding hydrogens is 1270 g/mol.